The molecule has 1 saturated heterocycles. The molecule has 0 radical (unpaired) electrons. The fourth-order valence-corrected chi connectivity index (χ4v) is 4.14. The second-order valence-electron chi connectivity index (χ2n) is 8.09. The third kappa shape index (κ3) is 5.64. The van der Waals surface area contributed by atoms with E-state index in [0.717, 1.165) is 61.5 Å². The topological polar surface area (TPSA) is 52.7 Å². The summed E-state index contributed by atoms with van der Waals surface area (Å²) in [6, 6.07) is 15.2. The number of nitrogens with one attached hydrogen (secondary N) is 2. The summed E-state index contributed by atoms with van der Waals surface area (Å²) in [5.74, 6) is 1.27. The van der Waals surface area contributed by atoms with Gasteiger partial charge in [0.2, 0.25) is 0 Å². The lowest BCUT2D eigenvalue weighted by Gasteiger charge is -2.21. The van der Waals surface area contributed by atoms with Gasteiger partial charge < -0.3 is 19.9 Å². The number of H-pyrrole nitrogens is 1. The zero-order valence-electron chi connectivity index (χ0n) is 18.1. The third-order valence-corrected chi connectivity index (χ3v) is 5.76. The Bertz CT molecular complexity index is 1000. The number of nitrogens with zero attached hydrogens (tertiary/aromatic N) is 2. The Morgan fingerprint density at radius 2 is 2.13 bits per heavy atom. The van der Waals surface area contributed by atoms with Crippen molar-refractivity contribution in [3.8, 4) is 0 Å². The van der Waals surface area contributed by atoms with Crippen LogP contribution in [0, 0.1) is 11.7 Å². The van der Waals surface area contributed by atoms with Crippen LogP contribution in [0.25, 0.3) is 10.9 Å². The Balaban J connectivity index is 1.29. The number of ether oxygens (including phenoxy) is 1. The normalized spacial score (nSPS) is 16.9. The van der Waals surface area contributed by atoms with Crippen molar-refractivity contribution in [2.75, 3.05) is 32.8 Å². The number of hydrogen-bond acceptors (Lipinski definition) is 2. The predicted molar refractivity (Wildman–Crippen MR) is 124 cm³/mol. The van der Waals surface area contributed by atoms with E-state index in [4.69, 9.17) is 9.73 Å². The maximum atomic E-state index is 13.6. The van der Waals surface area contributed by atoms with Crippen molar-refractivity contribution in [3.63, 3.8) is 0 Å². The van der Waals surface area contributed by atoms with Crippen molar-refractivity contribution >= 4 is 16.9 Å². The summed E-state index contributed by atoms with van der Waals surface area (Å²) >= 11 is 0. The number of halogens is 1. The van der Waals surface area contributed by atoms with Crippen molar-refractivity contribution < 1.29 is 9.13 Å². The van der Waals surface area contributed by atoms with E-state index in [0.29, 0.717) is 19.1 Å². The minimum Gasteiger partial charge on any atom is -0.376 e. The van der Waals surface area contributed by atoms with Gasteiger partial charge in [-0.25, -0.2) is 4.39 Å². The van der Waals surface area contributed by atoms with Crippen LogP contribution in [-0.2, 0) is 17.8 Å². The molecule has 0 amide bonds. The number of likely N-dealkylation sites (tertiary alicyclic amines) is 1. The second kappa shape index (κ2) is 10.4. The first-order valence-corrected chi connectivity index (χ1v) is 11.1. The van der Waals surface area contributed by atoms with Crippen LogP contribution in [0.15, 0.2) is 59.7 Å². The Kier molecular flexibility index (Phi) is 7.20. The van der Waals surface area contributed by atoms with E-state index in [-0.39, 0.29) is 5.82 Å². The molecule has 0 spiro atoms. The predicted octanol–water partition coefficient (Wildman–Crippen LogP) is 4.35. The van der Waals surface area contributed by atoms with Gasteiger partial charge in [-0.1, -0.05) is 30.3 Å². The largest absolute Gasteiger partial charge is 0.376 e. The molecular weight excluding hydrogens is 391 g/mol. The molecule has 0 aliphatic carbocycles. The number of aliphatic imine (C=N–C) groups is 1. The van der Waals surface area contributed by atoms with Crippen LogP contribution in [0.3, 0.4) is 0 Å². The van der Waals surface area contributed by atoms with Gasteiger partial charge in [0.05, 0.1) is 13.2 Å². The summed E-state index contributed by atoms with van der Waals surface area (Å²) in [6.45, 7) is 6.97. The smallest absolute Gasteiger partial charge is 0.193 e. The standard InChI is InChI=1S/C25H31FN4O/c1-2-27-25(28-12-10-21-15-29-24-9-8-22(26)14-23(21)24)30-13-11-20(16-30)18-31-17-19-6-4-3-5-7-19/h3-9,14-15,20,29H,2,10-13,16-18H2,1H3,(H,27,28). The molecule has 0 bridgehead atoms. The van der Waals surface area contributed by atoms with Crippen LogP contribution in [0.1, 0.15) is 24.5 Å². The Morgan fingerprint density at radius 1 is 1.26 bits per heavy atom. The lowest BCUT2D eigenvalue weighted by Crippen LogP contribution is -2.40. The average molecular weight is 423 g/mol. The summed E-state index contributed by atoms with van der Waals surface area (Å²) in [5, 5.41) is 4.36. The van der Waals surface area contributed by atoms with Gasteiger partial charge in [-0.2, -0.15) is 0 Å². The SMILES string of the molecule is CCNC(=NCCc1c[nH]c2ccc(F)cc12)N1CCC(COCc2ccccc2)C1. The monoisotopic (exact) mass is 422 g/mol. The van der Waals surface area contributed by atoms with Gasteiger partial charge in [-0.3, -0.25) is 4.99 Å². The van der Waals surface area contributed by atoms with E-state index >= 15 is 0 Å². The number of hydrogen-bond donors (Lipinski definition) is 2. The molecule has 2 N–H and O–H groups in total. The summed E-state index contributed by atoms with van der Waals surface area (Å²) in [5.41, 5.74) is 3.28. The highest BCUT2D eigenvalue weighted by molar-refractivity contribution is 5.83. The highest BCUT2D eigenvalue weighted by Gasteiger charge is 2.25. The number of guanidine groups is 1. The van der Waals surface area contributed by atoms with E-state index in [1.54, 1.807) is 12.1 Å². The molecule has 1 atom stereocenters. The van der Waals surface area contributed by atoms with E-state index < -0.39 is 0 Å². The van der Waals surface area contributed by atoms with Gasteiger partial charge in [0.1, 0.15) is 5.82 Å². The zero-order valence-corrected chi connectivity index (χ0v) is 18.1. The molecular formula is C25H31FN4O. The summed E-state index contributed by atoms with van der Waals surface area (Å²) in [6.07, 6.45) is 3.85. The number of aromatic nitrogens is 1. The molecule has 1 unspecified atom stereocenters. The second-order valence-corrected chi connectivity index (χ2v) is 8.09. The van der Waals surface area contributed by atoms with Crippen LogP contribution in [0.4, 0.5) is 4.39 Å². The molecule has 0 saturated carbocycles. The summed E-state index contributed by atoms with van der Waals surface area (Å²) in [4.78, 5) is 10.4. The highest BCUT2D eigenvalue weighted by Crippen LogP contribution is 2.20. The van der Waals surface area contributed by atoms with Crippen molar-refractivity contribution in [1.82, 2.24) is 15.2 Å². The van der Waals surface area contributed by atoms with Crippen molar-refractivity contribution in [2.24, 2.45) is 10.9 Å². The van der Waals surface area contributed by atoms with Crippen LogP contribution < -0.4 is 5.32 Å². The van der Waals surface area contributed by atoms with Crippen LogP contribution >= 0.6 is 0 Å². The molecule has 3 aromatic rings. The summed E-state index contributed by atoms with van der Waals surface area (Å²) in [7, 11) is 0. The van der Waals surface area contributed by atoms with Gasteiger partial charge in [-0.15, -0.1) is 0 Å². The molecule has 1 fully saturated rings. The van der Waals surface area contributed by atoms with E-state index in [9.17, 15) is 4.39 Å². The van der Waals surface area contributed by atoms with E-state index in [1.165, 1.54) is 11.6 Å². The van der Waals surface area contributed by atoms with Crippen molar-refractivity contribution in [1.29, 1.82) is 0 Å². The molecule has 164 valence electrons. The maximum absolute atomic E-state index is 13.6. The highest BCUT2D eigenvalue weighted by atomic mass is 19.1. The number of fused-ring (bicyclic) bond motifs is 1. The Hall–Kier alpha value is -2.86. The molecule has 4 rings (SSSR count). The molecule has 5 nitrogen and oxygen atoms in total. The first kappa shape index (κ1) is 21.4. The fraction of sp³-hybridized carbons (Fsp3) is 0.400. The van der Waals surface area contributed by atoms with Crippen molar-refractivity contribution in [3.05, 3.63) is 71.7 Å². The van der Waals surface area contributed by atoms with Crippen LogP contribution in [0.2, 0.25) is 0 Å². The molecule has 1 aliphatic rings. The first-order valence-electron chi connectivity index (χ1n) is 11.1. The van der Waals surface area contributed by atoms with Crippen molar-refractivity contribution in [2.45, 2.75) is 26.4 Å². The molecule has 1 aromatic heterocycles. The van der Waals surface area contributed by atoms with Crippen LogP contribution in [0.5, 0.6) is 0 Å². The lowest BCUT2D eigenvalue weighted by atomic mass is 10.1. The number of aromatic amines is 1. The van der Waals surface area contributed by atoms with Gasteiger partial charge in [0.15, 0.2) is 5.96 Å². The maximum Gasteiger partial charge on any atom is 0.193 e. The fourth-order valence-electron chi connectivity index (χ4n) is 4.14. The molecule has 31 heavy (non-hydrogen) atoms. The molecule has 6 heteroatoms. The Morgan fingerprint density at radius 3 is 2.97 bits per heavy atom. The minimum absolute atomic E-state index is 0.206. The van der Waals surface area contributed by atoms with E-state index in [2.05, 4.69) is 34.3 Å². The summed E-state index contributed by atoms with van der Waals surface area (Å²) < 4.78 is 19.6. The molecule has 2 aromatic carbocycles. The average Bonchev–Trinajstić information content (AvgIpc) is 3.41. The van der Waals surface area contributed by atoms with E-state index in [1.807, 2.05) is 24.4 Å². The molecule has 2 heterocycles. The first-order chi connectivity index (χ1) is 15.2. The van der Waals surface area contributed by atoms with Gasteiger partial charge in [-0.05, 0) is 49.1 Å². The minimum atomic E-state index is -0.206. The quantitative estimate of drug-likeness (QED) is 0.419. The number of rotatable bonds is 8. The third-order valence-electron chi connectivity index (χ3n) is 5.76. The molecule has 1 aliphatic heterocycles. The van der Waals surface area contributed by atoms with Gasteiger partial charge in [0.25, 0.3) is 0 Å². The van der Waals surface area contributed by atoms with Gasteiger partial charge in [0, 0.05) is 49.2 Å². The number of benzene rings is 2. The zero-order chi connectivity index (χ0) is 21.5. The lowest BCUT2D eigenvalue weighted by molar-refractivity contribution is 0.0907. The Labute approximate surface area is 183 Å². The van der Waals surface area contributed by atoms with Gasteiger partial charge >= 0.3 is 0 Å². The van der Waals surface area contributed by atoms with Crippen LogP contribution in [-0.4, -0.2) is 48.6 Å².